The summed E-state index contributed by atoms with van der Waals surface area (Å²) < 4.78 is 5.09. The Kier molecular flexibility index (Phi) is 3.55. The average Bonchev–Trinajstić information content (AvgIpc) is 3.60. The van der Waals surface area contributed by atoms with Crippen LogP contribution in [0.1, 0.15) is 22.5 Å². The van der Waals surface area contributed by atoms with E-state index >= 15 is 0 Å². The normalized spacial score (nSPS) is 16.8. The van der Waals surface area contributed by atoms with Crippen LogP contribution in [0.25, 0.3) is 40.8 Å². The summed E-state index contributed by atoms with van der Waals surface area (Å²) in [6.45, 7) is 0. The van der Waals surface area contributed by atoms with Crippen molar-refractivity contribution < 1.29 is 0 Å². The monoisotopic (exact) mass is 616 g/mol. The Labute approximate surface area is 202 Å². The summed E-state index contributed by atoms with van der Waals surface area (Å²) in [6.07, 6.45) is 13.2. The van der Waals surface area contributed by atoms with E-state index in [2.05, 4.69) is 102 Å². The van der Waals surface area contributed by atoms with Crippen molar-refractivity contribution in [3.05, 3.63) is 112 Å². The van der Waals surface area contributed by atoms with Gasteiger partial charge in [-0.05, 0) is 0 Å². The van der Waals surface area contributed by atoms with E-state index in [0.717, 1.165) is 22.8 Å². The molecule has 6 bridgehead atoms. The molecule has 33 heavy (non-hydrogen) atoms. The van der Waals surface area contributed by atoms with Gasteiger partial charge in [0, 0.05) is 0 Å². The molecule has 8 rings (SSSR count). The summed E-state index contributed by atoms with van der Waals surface area (Å²) >= 11 is -1.52. The number of rotatable bonds is 0. The van der Waals surface area contributed by atoms with Crippen LogP contribution in [-0.2, 0) is 0 Å². The van der Waals surface area contributed by atoms with Gasteiger partial charge in [-0.25, -0.2) is 0 Å². The third-order valence-electron chi connectivity index (χ3n) is 6.63. The van der Waals surface area contributed by atoms with Crippen molar-refractivity contribution in [2.75, 3.05) is 0 Å². The first-order chi connectivity index (χ1) is 16.3. The molecule has 2 aromatic carbocycles. The number of benzene rings is 2. The quantitative estimate of drug-likeness (QED) is 0.271. The fourth-order valence-corrected chi connectivity index (χ4v) is 9.81. The molecular formula is C28H16N4Pb. The summed E-state index contributed by atoms with van der Waals surface area (Å²) in [4.78, 5) is 9.98. The van der Waals surface area contributed by atoms with Crippen LogP contribution in [0.5, 0.6) is 0 Å². The summed E-state index contributed by atoms with van der Waals surface area (Å²) in [5, 5.41) is 4.96. The third kappa shape index (κ3) is 2.61. The van der Waals surface area contributed by atoms with Crippen LogP contribution < -0.4 is 10.7 Å². The first-order valence-corrected chi connectivity index (χ1v) is 14.5. The molecule has 0 saturated heterocycles. The standard InChI is InChI=1S/C28H16N4.Pb/c1-2-4-24-17(3-1)5-12-25-26-15-22-10-8-20(30-22)13-18-6-7-19(29-18)14-21-9-11-23(31-21)16-27(32-26)28(24)25;/h1-16H;/q-2;+2. The molecule has 0 aliphatic carbocycles. The molecular weight excluding hydrogens is 600 g/mol. The maximum atomic E-state index is 5.17. The Balaban J connectivity index is 1.53. The Morgan fingerprint density at radius 1 is 0.667 bits per heavy atom. The predicted molar refractivity (Wildman–Crippen MR) is 137 cm³/mol. The van der Waals surface area contributed by atoms with Crippen LogP contribution in [0.4, 0.5) is 0 Å². The fraction of sp³-hybridized carbons (Fsp3) is 0. The Morgan fingerprint density at radius 2 is 1.52 bits per heavy atom. The van der Waals surface area contributed by atoms with Crippen molar-refractivity contribution >= 4 is 77.0 Å². The summed E-state index contributed by atoms with van der Waals surface area (Å²) in [6, 6.07) is 22.0. The number of hydrogen-bond acceptors (Lipinski definition) is 2. The molecule has 0 N–H and O–H groups in total. The number of allylic oxidation sites excluding steroid dienone is 2. The van der Waals surface area contributed by atoms with E-state index in [1.54, 1.807) is 0 Å². The molecule has 0 atom stereocenters. The van der Waals surface area contributed by atoms with Crippen LogP contribution >= 0.6 is 0 Å². The Morgan fingerprint density at radius 3 is 2.45 bits per heavy atom. The van der Waals surface area contributed by atoms with Crippen molar-refractivity contribution in [1.82, 2.24) is 4.75 Å². The van der Waals surface area contributed by atoms with Gasteiger partial charge in [0.2, 0.25) is 0 Å². The zero-order valence-electron chi connectivity index (χ0n) is 17.5. The molecule has 152 valence electrons. The van der Waals surface area contributed by atoms with Crippen molar-refractivity contribution in [2.45, 2.75) is 0 Å². The van der Waals surface area contributed by atoms with Gasteiger partial charge in [-0.3, -0.25) is 0 Å². The molecule has 4 aromatic rings. The zero-order chi connectivity index (χ0) is 21.5. The van der Waals surface area contributed by atoms with E-state index in [1.165, 1.54) is 44.0 Å². The van der Waals surface area contributed by atoms with Crippen molar-refractivity contribution in [3.8, 4) is 0 Å². The summed E-state index contributed by atoms with van der Waals surface area (Å²) in [5.41, 5.74) is 9.03. The van der Waals surface area contributed by atoms with Crippen LogP contribution in [0.2, 0.25) is 0 Å². The Hall–Kier alpha value is -3.52. The van der Waals surface area contributed by atoms with Gasteiger partial charge >= 0.3 is 203 Å². The third-order valence-corrected chi connectivity index (χ3v) is 12.2. The van der Waals surface area contributed by atoms with Crippen LogP contribution in [-0.4, -0.2) is 41.0 Å². The number of hydrogen-bond donors (Lipinski definition) is 0. The first-order valence-electron chi connectivity index (χ1n) is 11.0. The number of aliphatic imine (C=N–C) groups is 2. The molecule has 0 fully saturated rings. The van der Waals surface area contributed by atoms with E-state index in [-0.39, 0.29) is 0 Å². The van der Waals surface area contributed by atoms with Gasteiger partial charge in [0.25, 0.3) is 0 Å². The van der Waals surface area contributed by atoms with E-state index in [9.17, 15) is 0 Å². The van der Waals surface area contributed by atoms with E-state index in [4.69, 9.17) is 9.98 Å². The molecule has 6 heterocycles. The number of fused-ring (bicyclic) bond motifs is 7. The van der Waals surface area contributed by atoms with Gasteiger partial charge in [0.15, 0.2) is 0 Å². The molecule has 4 aliphatic rings. The maximum absolute atomic E-state index is 5.17. The van der Waals surface area contributed by atoms with Crippen molar-refractivity contribution in [2.24, 2.45) is 9.98 Å². The van der Waals surface area contributed by atoms with E-state index in [1.807, 2.05) is 0 Å². The second-order valence-corrected chi connectivity index (χ2v) is 12.9. The van der Waals surface area contributed by atoms with Crippen molar-refractivity contribution in [1.29, 1.82) is 0 Å². The predicted octanol–water partition coefficient (Wildman–Crippen LogP) is 3.61. The minimum absolute atomic E-state index is 1.01. The van der Waals surface area contributed by atoms with Gasteiger partial charge in [-0.2, -0.15) is 0 Å². The van der Waals surface area contributed by atoms with Gasteiger partial charge in [-0.15, -0.1) is 0 Å². The van der Waals surface area contributed by atoms with E-state index in [0.29, 0.717) is 0 Å². The molecule has 5 heteroatoms. The summed E-state index contributed by atoms with van der Waals surface area (Å²) in [7, 11) is 0. The van der Waals surface area contributed by atoms with Crippen LogP contribution in [0, 0.1) is 0 Å². The molecule has 4 nitrogen and oxygen atoms in total. The van der Waals surface area contributed by atoms with Gasteiger partial charge in [-0.1, -0.05) is 0 Å². The molecule has 2 aromatic heterocycles. The second-order valence-electron chi connectivity index (χ2n) is 8.60. The minimum atomic E-state index is -1.52. The van der Waals surface area contributed by atoms with Crippen LogP contribution in [0.3, 0.4) is 0 Å². The van der Waals surface area contributed by atoms with Crippen molar-refractivity contribution in [3.63, 3.8) is 0 Å². The number of nitrogens with zero attached hydrogens (tertiary/aromatic N) is 4. The molecule has 4 aliphatic heterocycles. The number of aromatic nitrogens is 2. The second kappa shape index (κ2) is 6.51. The molecule has 2 radical (unpaired) electrons. The van der Waals surface area contributed by atoms with Gasteiger partial charge in [0.1, 0.15) is 0 Å². The molecule has 0 amide bonds. The summed E-state index contributed by atoms with van der Waals surface area (Å²) in [5.74, 6) is 0. The van der Waals surface area contributed by atoms with Crippen LogP contribution in [0.15, 0.2) is 88.5 Å². The Bertz CT molecular complexity index is 1840. The average molecular weight is 616 g/mol. The molecule has 0 spiro atoms. The van der Waals surface area contributed by atoms with Gasteiger partial charge in [0.05, 0.1) is 0 Å². The molecule has 0 unspecified atom stereocenters. The zero-order valence-corrected chi connectivity index (χ0v) is 21.4. The first kappa shape index (κ1) is 18.0. The van der Waals surface area contributed by atoms with E-state index < -0.39 is 24.8 Å². The SMILES string of the molecule is C1=CC2=NC1=Cc1ccc3[n]1[Pb][n]1c(ccc1=CC1=NC(=C3)c3c1ccc1ccccc31)=C2. The molecule has 0 saturated carbocycles. The van der Waals surface area contributed by atoms with Gasteiger partial charge < -0.3 is 0 Å². The topological polar surface area (TPSA) is 34.6 Å². The fourth-order valence-electron chi connectivity index (χ4n) is 5.08.